The second kappa shape index (κ2) is 8.46. The van der Waals surface area contributed by atoms with Gasteiger partial charge in [-0.3, -0.25) is 9.59 Å². The maximum atomic E-state index is 12.4. The predicted octanol–water partition coefficient (Wildman–Crippen LogP) is 5.32. The molecule has 1 atom stereocenters. The van der Waals surface area contributed by atoms with E-state index in [0.29, 0.717) is 32.1 Å². The first kappa shape index (κ1) is 19.9. The van der Waals surface area contributed by atoms with Crippen molar-refractivity contribution >= 4 is 57.4 Å². The first-order chi connectivity index (χ1) is 12.9. The fraction of sp³-hybridized carbons (Fsp3) is 0.300. The van der Waals surface area contributed by atoms with E-state index in [1.54, 1.807) is 24.3 Å². The number of hydrogen-bond acceptors (Lipinski definition) is 3. The molecule has 7 heteroatoms. The molecule has 1 heterocycles. The summed E-state index contributed by atoms with van der Waals surface area (Å²) in [4.78, 5) is 25.5. The highest BCUT2D eigenvalue weighted by atomic mass is 35.5. The van der Waals surface area contributed by atoms with Crippen LogP contribution in [0.15, 0.2) is 24.3 Å². The van der Waals surface area contributed by atoms with Crippen LogP contribution in [0.5, 0.6) is 0 Å². The van der Waals surface area contributed by atoms with Crippen molar-refractivity contribution in [2.24, 2.45) is 11.7 Å². The summed E-state index contributed by atoms with van der Waals surface area (Å²) < 4.78 is 0. The number of carbonyl (C=O) groups is 2. The van der Waals surface area contributed by atoms with Crippen LogP contribution in [0, 0.1) is 5.92 Å². The van der Waals surface area contributed by atoms with E-state index >= 15 is 0 Å². The molecule has 3 rings (SSSR count). The zero-order valence-electron chi connectivity index (χ0n) is 14.9. The second-order valence-corrected chi connectivity index (χ2v) is 8.47. The number of carbonyl (C=O) groups excluding carboxylic acids is 2. The number of thiophene rings is 1. The van der Waals surface area contributed by atoms with Gasteiger partial charge in [0.25, 0.3) is 5.91 Å². The smallest absolute Gasteiger partial charge is 0.251 e. The van der Waals surface area contributed by atoms with Gasteiger partial charge in [-0.1, -0.05) is 42.6 Å². The van der Waals surface area contributed by atoms with Crippen molar-refractivity contribution in [3.05, 3.63) is 55.9 Å². The molecule has 0 fully saturated rings. The van der Waals surface area contributed by atoms with Gasteiger partial charge in [0.2, 0.25) is 5.91 Å². The maximum absolute atomic E-state index is 12.4. The minimum Gasteiger partial charge on any atom is -0.365 e. The Kier molecular flexibility index (Phi) is 6.25. The molecule has 0 saturated carbocycles. The van der Waals surface area contributed by atoms with Crippen LogP contribution in [-0.4, -0.2) is 11.8 Å². The lowest BCUT2D eigenvalue weighted by molar-refractivity contribution is -0.111. The summed E-state index contributed by atoms with van der Waals surface area (Å²) in [6, 6.07) is 5.14. The van der Waals surface area contributed by atoms with Crippen molar-refractivity contribution in [1.29, 1.82) is 0 Å². The molecule has 1 aromatic heterocycles. The van der Waals surface area contributed by atoms with Gasteiger partial charge in [-0.25, -0.2) is 0 Å². The normalized spacial score (nSPS) is 16.3. The van der Waals surface area contributed by atoms with Crippen LogP contribution < -0.4 is 11.1 Å². The molecule has 142 valence electrons. The summed E-state index contributed by atoms with van der Waals surface area (Å²) in [5.74, 6) is -0.252. The number of benzene rings is 1. The van der Waals surface area contributed by atoms with E-state index in [1.807, 2.05) is 0 Å². The number of primary amides is 1. The fourth-order valence-corrected chi connectivity index (χ4v) is 5.23. The number of amides is 2. The number of rotatable bonds is 5. The lowest BCUT2D eigenvalue weighted by Crippen LogP contribution is -2.19. The minimum absolute atomic E-state index is 0.362. The van der Waals surface area contributed by atoms with Crippen molar-refractivity contribution in [1.82, 2.24) is 0 Å². The van der Waals surface area contributed by atoms with Gasteiger partial charge < -0.3 is 11.1 Å². The van der Waals surface area contributed by atoms with E-state index in [2.05, 4.69) is 12.2 Å². The van der Waals surface area contributed by atoms with Gasteiger partial charge >= 0.3 is 0 Å². The van der Waals surface area contributed by atoms with Crippen LogP contribution in [-0.2, 0) is 17.6 Å². The Morgan fingerprint density at radius 1 is 1.33 bits per heavy atom. The van der Waals surface area contributed by atoms with Gasteiger partial charge in [0.15, 0.2) is 0 Å². The third-order valence-corrected chi connectivity index (χ3v) is 6.66. The molecule has 3 N–H and O–H groups in total. The molecule has 0 aliphatic heterocycles. The zero-order valence-corrected chi connectivity index (χ0v) is 17.2. The summed E-state index contributed by atoms with van der Waals surface area (Å²) >= 11 is 13.7. The SMILES string of the molecule is CCC1CCc2c(sc(NC(=O)C=Cc3c(Cl)cccc3Cl)c2C(N)=O)C1. The van der Waals surface area contributed by atoms with E-state index in [0.717, 1.165) is 36.1 Å². The van der Waals surface area contributed by atoms with Gasteiger partial charge in [0.1, 0.15) is 5.00 Å². The van der Waals surface area contributed by atoms with Gasteiger partial charge in [-0.05, 0) is 49.0 Å². The molecule has 27 heavy (non-hydrogen) atoms. The predicted molar refractivity (Wildman–Crippen MR) is 113 cm³/mol. The summed E-state index contributed by atoms with van der Waals surface area (Å²) in [5, 5.41) is 4.23. The highest BCUT2D eigenvalue weighted by Gasteiger charge is 2.27. The average molecular weight is 423 g/mol. The Morgan fingerprint density at radius 2 is 2.04 bits per heavy atom. The highest BCUT2D eigenvalue weighted by Crippen LogP contribution is 2.40. The maximum Gasteiger partial charge on any atom is 0.251 e. The third-order valence-electron chi connectivity index (χ3n) is 4.83. The Labute approximate surface area is 172 Å². The number of fused-ring (bicyclic) bond motifs is 1. The van der Waals surface area contributed by atoms with E-state index < -0.39 is 5.91 Å². The third kappa shape index (κ3) is 4.37. The molecule has 1 aliphatic carbocycles. The van der Waals surface area contributed by atoms with Crippen LogP contribution in [0.25, 0.3) is 6.08 Å². The quantitative estimate of drug-likeness (QED) is 0.639. The molecule has 1 unspecified atom stereocenters. The van der Waals surface area contributed by atoms with Crippen molar-refractivity contribution < 1.29 is 9.59 Å². The Hall–Kier alpha value is -1.82. The highest BCUT2D eigenvalue weighted by molar-refractivity contribution is 7.17. The van der Waals surface area contributed by atoms with Crippen molar-refractivity contribution in [2.75, 3.05) is 5.32 Å². The van der Waals surface area contributed by atoms with Crippen LogP contribution in [0.3, 0.4) is 0 Å². The first-order valence-electron chi connectivity index (χ1n) is 8.78. The fourth-order valence-electron chi connectivity index (χ4n) is 3.33. The molecule has 2 aromatic rings. The summed E-state index contributed by atoms with van der Waals surface area (Å²) in [6.07, 6.45) is 6.81. The Bertz CT molecular complexity index is 901. The molecule has 1 aliphatic rings. The Morgan fingerprint density at radius 3 is 2.67 bits per heavy atom. The lowest BCUT2D eigenvalue weighted by atomic mass is 9.85. The number of nitrogens with two attached hydrogens (primary N) is 1. The second-order valence-electron chi connectivity index (χ2n) is 6.55. The zero-order chi connectivity index (χ0) is 19.6. The molecule has 0 saturated heterocycles. The van der Waals surface area contributed by atoms with E-state index in [4.69, 9.17) is 28.9 Å². The summed E-state index contributed by atoms with van der Waals surface area (Å²) in [7, 11) is 0. The van der Waals surface area contributed by atoms with Crippen molar-refractivity contribution in [3.8, 4) is 0 Å². The largest absolute Gasteiger partial charge is 0.365 e. The van der Waals surface area contributed by atoms with Crippen LogP contribution in [0.2, 0.25) is 10.0 Å². The minimum atomic E-state index is -0.504. The molecule has 1 aromatic carbocycles. The topological polar surface area (TPSA) is 72.2 Å². The standard InChI is InChI=1S/C20H20Cl2N2O2S/c1-2-11-6-7-13-16(10-11)27-20(18(13)19(23)26)24-17(25)9-8-12-14(21)4-3-5-15(12)22/h3-5,8-9,11H,2,6-7,10H2,1H3,(H2,23,26)(H,24,25). The molecule has 0 spiro atoms. The van der Waals surface area contributed by atoms with Crippen molar-refractivity contribution in [3.63, 3.8) is 0 Å². The van der Waals surface area contributed by atoms with Gasteiger partial charge in [-0.2, -0.15) is 0 Å². The monoisotopic (exact) mass is 422 g/mol. The van der Waals surface area contributed by atoms with Crippen molar-refractivity contribution in [2.45, 2.75) is 32.6 Å². The summed E-state index contributed by atoms with van der Waals surface area (Å²) in [5.41, 5.74) is 7.60. The van der Waals surface area contributed by atoms with Crippen LogP contribution in [0.4, 0.5) is 5.00 Å². The molecule has 4 nitrogen and oxygen atoms in total. The molecule has 2 amide bonds. The summed E-state index contributed by atoms with van der Waals surface area (Å²) in [6.45, 7) is 2.17. The van der Waals surface area contributed by atoms with Crippen LogP contribution in [0.1, 0.15) is 46.1 Å². The van der Waals surface area contributed by atoms with E-state index in [9.17, 15) is 9.59 Å². The lowest BCUT2D eigenvalue weighted by Gasteiger charge is -2.20. The van der Waals surface area contributed by atoms with Crippen LogP contribution >= 0.6 is 34.5 Å². The van der Waals surface area contributed by atoms with Gasteiger partial charge in [0.05, 0.1) is 5.56 Å². The average Bonchev–Trinajstić information content (AvgIpc) is 2.98. The van der Waals surface area contributed by atoms with E-state index in [1.165, 1.54) is 17.4 Å². The first-order valence-corrected chi connectivity index (χ1v) is 10.3. The molecular formula is C20H20Cl2N2O2S. The molecule has 0 bridgehead atoms. The number of hydrogen-bond donors (Lipinski definition) is 2. The van der Waals surface area contributed by atoms with E-state index in [-0.39, 0.29) is 5.91 Å². The molecular weight excluding hydrogens is 403 g/mol. The number of nitrogens with one attached hydrogen (secondary N) is 1. The van der Waals surface area contributed by atoms with Gasteiger partial charge in [-0.15, -0.1) is 11.3 Å². The Balaban J connectivity index is 1.83. The van der Waals surface area contributed by atoms with Gasteiger partial charge in [0, 0.05) is 26.6 Å². The number of halogens is 2. The molecule has 0 radical (unpaired) electrons. The number of anilines is 1.